The first kappa shape index (κ1) is 9.37. The van der Waals surface area contributed by atoms with E-state index in [9.17, 15) is 0 Å². The Morgan fingerprint density at radius 3 is 2.79 bits per heavy atom. The van der Waals surface area contributed by atoms with Crippen molar-refractivity contribution in [2.75, 3.05) is 0 Å². The van der Waals surface area contributed by atoms with Gasteiger partial charge in [-0.25, -0.2) is 4.98 Å². The first-order valence-corrected chi connectivity index (χ1v) is 5.46. The minimum atomic E-state index is 0.0490. The van der Waals surface area contributed by atoms with Crippen LogP contribution in [0.25, 0.3) is 11.3 Å². The van der Waals surface area contributed by atoms with Gasteiger partial charge in [0.05, 0.1) is 11.2 Å². The highest BCUT2D eigenvalue weighted by molar-refractivity contribution is 7.07. The lowest BCUT2D eigenvalue weighted by Crippen LogP contribution is -2.06. The van der Waals surface area contributed by atoms with Crippen LogP contribution in [0.5, 0.6) is 0 Å². The van der Waals surface area contributed by atoms with Gasteiger partial charge in [0.15, 0.2) is 0 Å². The molecule has 3 heteroatoms. The third kappa shape index (κ3) is 1.69. The van der Waals surface area contributed by atoms with Crippen LogP contribution < -0.4 is 5.73 Å². The monoisotopic (exact) mass is 204 g/mol. The number of benzene rings is 1. The molecule has 1 heterocycles. The number of hydrogen-bond donors (Lipinski definition) is 1. The second kappa shape index (κ2) is 3.90. The van der Waals surface area contributed by atoms with Crippen LogP contribution in [0.3, 0.4) is 0 Å². The molecule has 14 heavy (non-hydrogen) atoms. The van der Waals surface area contributed by atoms with Crippen LogP contribution in [-0.2, 0) is 0 Å². The largest absolute Gasteiger partial charge is 0.324 e. The maximum atomic E-state index is 5.90. The Morgan fingerprint density at radius 2 is 2.14 bits per heavy atom. The molecule has 0 saturated heterocycles. The minimum Gasteiger partial charge on any atom is -0.324 e. The second-order valence-electron chi connectivity index (χ2n) is 3.25. The number of rotatable bonds is 2. The van der Waals surface area contributed by atoms with E-state index in [0.717, 1.165) is 16.8 Å². The molecule has 72 valence electrons. The van der Waals surface area contributed by atoms with Gasteiger partial charge in [-0.2, -0.15) is 0 Å². The SMILES string of the molecule is CC(N)c1ccccc1-c1cscn1. The van der Waals surface area contributed by atoms with Crippen molar-refractivity contribution in [2.24, 2.45) is 5.73 Å². The first-order valence-electron chi connectivity index (χ1n) is 4.52. The van der Waals surface area contributed by atoms with Gasteiger partial charge in [-0.3, -0.25) is 0 Å². The summed E-state index contributed by atoms with van der Waals surface area (Å²) in [7, 11) is 0. The molecular formula is C11H12N2S. The Morgan fingerprint density at radius 1 is 1.36 bits per heavy atom. The summed E-state index contributed by atoms with van der Waals surface area (Å²) in [6.07, 6.45) is 0. The molecule has 2 aromatic rings. The van der Waals surface area contributed by atoms with Crippen molar-refractivity contribution < 1.29 is 0 Å². The molecular weight excluding hydrogens is 192 g/mol. The van der Waals surface area contributed by atoms with E-state index in [-0.39, 0.29) is 6.04 Å². The zero-order valence-corrected chi connectivity index (χ0v) is 8.79. The molecule has 1 atom stereocenters. The third-order valence-corrected chi connectivity index (χ3v) is 2.75. The maximum absolute atomic E-state index is 5.90. The Labute approximate surface area is 87.4 Å². The van der Waals surface area contributed by atoms with Crippen LogP contribution in [0.2, 0.25) is 0 Å². The molecule has 0 saturated carbocycles. The fourth-order valence-electron chi connectivity index (χ4n) is 1.47. The summed E-state index contributed by atoms with van der Waals surface area (Å²) in [5.41, 5.74) is 11.0. The van der Waals surface area contributed by atoms with Crippen molar-refractivity contribution in [3.05, 3.63) is 40.7 Å². The number of thiazole rings is 1. The van der Waals surface area contributed by atoms with Crippen LogP contribution in [0.1, 0.15) is 18.5 Å². The number of nitrogens with two attached hydrogens (primary N) is 1. The number of aromatic nitrogens is 1. The molecule has 0 aliphatic heterocycles. The standard InChI is InChI=1S/C11H12N2S/c1-8(12)9-4-2-3-5-10(9)11-6-14-7-13-11/h2-8H,12H2,1H3. The van der Waals surface area contributed by atoms with E-state index in [2.05, 4.69) is 17.1 Å². The highest BCUT2D eigenvalue weighted by Gasteiger charge is 2.08. The van der Waals surface area contributed by atoms with Gasteiger partial charge in [-0.05, 0) is 12.5 Å². The summed E-state index contributed by atoms with van der Waals surface area (Å²) in [4.78, 5) is 4.29. The third-order valence-electron chi connectivity index (χ3n) is 2.16. The fourth-order valence-corrected chi connectivity index (χ4v) is 2.02. The van der Waals surface area contributed by atoms with Gasteiger partial charge in [0, 0.05) is 17.0 Å². The summed E-state index contributed by atoms with van der Waals surface area (Å²) in [6.45, 7) is 1.99. The zero-order valence-electron chi connectivity index (χ0n) is 7.97. The highest BCUT2D eigenvalue weighted by Crippen LogP contribution is 2.26. The lowest BCUT2D eigenvalue weighted by atomic mass is 10.0. The Kier molecular flexibility index (Phi) is 2.61. The Hall–Kier alpha value is -1.19. The van der Waals surface area contributed by atoms with Crippen LogP contribution >= 0.6 is 11.3 Å². The number of nitrogens with zero attached hydrogens (tertiary/aromatic N) is 1. The second-order valence-corrected chi connectivity index (χ2v) is 3.97. The molecule has 0 spiro atoms. The molecule has 1 aromatic heterocycles. The van der Waals surface area contributed by atoms with Crippen LogP contribution in [0.15, 0.2) is 35.2 Å². The normalized spacial score (nSPS) is 12.7. The molecule has 0 aliphatic rings. The molecule has 2 N–H and O–H groups in total. The quantitative estimate of drug-likeness (QED) is 0.817. The highest BCUT2D eigenvalue weighted by atomic mass is 32.1. The minimum absolute atomic E-state index is 0.0490. The predicted octanol–water partition coefficient (Wildman–Crippen LogP) is 2.83. The summed E-state index contributed by atoms with van der Waals surface area (Å²) >= 11 is 1.60. The van der Waals surface area contributed by atoms with E-state index in [1.165, 1.54) is 0 Å². The fraction of sp³-hybridized carbons (Fsp3) is 0.182. The zero-order chi connectivity index (χ0) is 9.97. The smallest absolute Gasteiger partial charge is 0.0814 e. The van der Waals surface area contributed by atoms with Gasteiger partial charge >= 0.3 is 0 Å². The summed E-state index contributed by atoms with van der Waals surface area (Å²) < 4.78 is 0. The molecule has 0 bridgehead atoms. The van der Waals surface area contributed by atoms with E-state index in [0.29, 0.717) is 0 Å². The summed E-state index contributed by atoms with van der Waals surface area (Å²) in [5, 5.41) is 2.04. The molecule has 0 radical (unpaired) electrons. The van der Waals surface area contributed by atoms with Crippen LogP contribution in [-0.4, -0.2) is 4.98 Å². The topological polar surface area (TPSA) is 38.9 Å². The Bertz CT molecular complexity index is 407. The van der Waals surface area contributed by atoms with Gasteiger partial charge in [-0.15, -0.1) is 11.3 Å². The van der Waals surface area contributed by atoms with E-state index < -0.39 is 0 Å². The van der Waals surface area contributed by atoms with Crippen molar-refractivity contribution >= 4 is 11.3 Å². The van der Waals surface area contributed by atoms with Crippen molar-refractivity contribution in [3.63, 3.8) is 0 Å². The van der Waals surface area contributed by atoms with Gasteiger partial charge in [0.1, 0.15) is 0 Å². The molecule has 2 rings (SSSR count). The van der Waals surface area contributed by atoms with Crippen molar-refractivity contribution in [1.29, 1.82) is 0 Å². The average molecular weight is 204 g/mol. The van der Waals surface area contributed by atoms with E-state index in [4.69, 9.17) is 5.73 Å². The van der Waals surface area contributed by atoms with Crippen LogP contribution in [0, 0.1) is 0 Å². The van der Waals surface area contributed by atoms with Gasteiger partial charge in [0.2, 0.25) is 0 Å². The van der Waals surface area contributed by atoms with Crippen LogP contribution in [0.4, 0.5) is 0 Å². The lowest BCUT2D eigenvalue weighted by Gasteiger charge is -2.10. The molecule has 2 nitrogen and oxygen atoms in total. The molecule has 1 unspecified atom stereocenters. The molecule has 1 aromatic carbocycles. The van der Waals surface area contributed by atoms with Crippen molar-refractivity contribution in [1.82, 2.24) is 4.98 Å². The summed E-state index contributed by atoms with van der Waals surface area (Å²) in [6, 6.07) is 8.19. The first-order chi connectivity index (χ1) is 6.79. The van der Waals surface area contributed by atoms with Gasteiger partial charge < -0.3 is 5.73 Å². The summed E-state index contributed by atoms with van der Waals surface area (Å²) in [5.74, 6) is 0. The molecule has 0 fully saturated rings. The lowest BCUT2D eigenvalue weighted by molar-refractivity contribution is 0.820. The van der Waals surface area contributed by atoms with Gasteiger partial charge in [0.25, 0.3) is 0 Å². The maximum Gasteiger partial charge on any atom is 0.0814 e. The van der Waals surface area contributed by atoms with Crippen molar-refractivity contribution in [3.8, 4) is 11.3 Å². The van der Waals surface area contributed by atoms with E-state index in [1.807, 2.05) is 29.9 Å². The predicted molar refractivity (Wildman–Crippen MR) is 60.2 cm³/mol. The van der Waals surface area contributed by atoms with E-state index in [1.54, 1.807) is 11.3 Å². The van der Waals surface area contributed by atoms with Gasteiger partial charge in [-0.1, -0.05) is 24.3 Å². The average Bonchev–Trinajstić information content (AvgIpc) is 2.70. The Balaban J connectivity index is 2.53. The van der Waals surface area contributed by atoms with Crippen molar-refractivity contribution in [2.45, 2.75) is 13.0 Å². The molecule has 0 aliphatic carbocycles. The molecule has 0 amide bonds. The number of hydrogen-bond acceptors (Lipinski definition) is 3. The van der Waals surface area contributed by atoms with E-state index >= 15 is 0 Å².